The number of hydrogen-bond acceptors (Lipinski definition) is 4. The maximum Gasteiger partial charge on any atom is 0.177 e. The van der Waals surface area contributed by atoms with Crippen LogP contribution in [-0.4, -0.2) is 20.3 Å². The Kier molecular flexibility index (Phi) is 3.08. The summed E-state index contributed by atoms with van der Waals surface area (Å²) in [5.41, 5.74) is 1.71. The molecule has 0 bridgehead atoms. The lowest BCUT2D eigenvalue weighted by molar-refractivity contribution is 0.476. The number of halogens is 2. The van der Waals surface area contributed by atoms with Crippen LogP contribution in [0.4, 0.5) is 0 Å². The molecule has 0 spiro atoms. The van der Waals surface area contributed by atoms with Gasteiger partial charge in [-0.15, -0.1) is 10.2 Å². The minimum Gasteiger partial charge on any atom is -0.507 e. The third-order valence-electron chi connectivity index (χ3n) is 2.71. The molecule has 1 aromatic carbocycles. The van der Waals surface area contributed by atoms with Gasteiger partial charge in [0, 0.05) is 21.6 Å². The molecule has 0 amide bonds. The Bertz CT molecular complexity index is 779. The van der Waals surface area contributed by atoms with E-state index in [4.69, 9.17) is 11.6 Å². The summed E-state index contributed by atoms with van der Waals surface area (Å²) in [6.45, 7) is 0. The summed E-state index contributed by atoms with van der Waals surface area (Å²) in [7, 11) is 0. The molecule has 94 valence electrons. The third-order valence-corrected chi connectivity index (χ3v) is 3.46. The zero-order valence-electron chi connectivity index (χ0n) is 9.51. The van der Waals surface area contributed by atoms with E-state index in [1.54, 1.807) is 24.4 Å². The van der Waals surface area contributed by atoms with Crippen molar-refractivity contribution in [1.29, 1.82) is 0 Å². The van der Waals surface area contributed by atoms with Crippen LogP contribution >= 0.6 is 27.5 Å². The van der Waals surface area contributed by atoms with E-state index in [-0.39, 0.29) is 10.9 Å². The van der Waals surface area contributed by atoms with Crippen LogP contribution in [0.2, 0.25) is 5.15 Å². The zero-order valence-corrected chi connectivity index (χ0v) is 11.9. The van der Waals surface area contributed by atoms with Crippen LogP contribution in [0.3, 0.4) is 0 Å². The van der Waals surface area contributed by atoms with E-state index >= 15 is 0 Å². The first-order chi connectivity index (χ1) is 9.16. The molecule has 3 rings (SSSR count). The van der Waals surface area contributed by atoms with Crippen LogP contribution in [0, 0.1) is 0 Å². The average molecular weight is 337 g/mol. The van der Waals surface area contributed by atoms with Gasteiger partial charge in [-0.25, -0.2) is 0 Å². The van der Waals surface area contributed by atoms with Crippen molar-refractivity contribution in [2.75, 3.05) is 0 Å². The molecule has 6 heteroatoms. The van der Waals surface area contributed by atoms with Crippen molar-refractivity contribution in [3.8, 4) is 17.0 Å². The fraction of sp³-hybridized carbons (Fsp3) is 0. The molecule has 0 aliphatic rings. The lowest BCUT2D eigenvalue weighted by Crippen LogP contribution is -1.93. The van der Waals surface area contributed by atoms with Crippen molar-refractivity contribution in [3.63, 3.8) is 0 Å². The van der Waals surface area contributed by atoms with Gasteiger partial charge in [0.1, 0.15) is 17.0 Å². The number of hydrogen-bond donors (Lipinski definition) is 1. The molecule has 4 nitrogen and oxygen atoms in total. The number of rotatable bonds is 1. The van der Waals surface area contributed by atoms with E-state index in [2.05, 4.69) is 31.1 Å². The van der Waals surface area contributed by atoms with Gasteiger partial charge in [-0.1, -0.05) is 27.5 Å². The van der Waals surface area contributed by atoms with Gasteiger partial charge in [0.25, 0.3) is 0 Å². The largest absolute Gasteiger partial charge is 0.507 e. The van der Waals surface area contributed by atoms with Crippen molar-refractivity contribution >= 4 is 38.4 Å². The first kappa shape index (κ1) is 12.3. The Balaban J connectivity index is 2.34. The van der Waals surface area contributed by atoms with Crippen molar-refractivity contribution in [1.82, 2.24) is 15.2 Å². The van der Waals surface area contributed by atoms with E-state index in [0.29, 0.717) is 16.8 Å². The zero-order chi connectivity index (χ0) is 13.4. The SMILES string of the molecule is Oc1cc(Br)ccc1-c1nnc(Cl)c2ncccc12. The number of aromatic nitrogens is 3. The highest BCUT2D eigenvalue weighted by Gasteiger charge is 2.13. The lowest BCUT2D eigenvalue weighted by atomic mass is 10.1. The van der Waals surface area contributed by atoms with Crippen molar-refractivity contribution in [2.24, 2.45) is 0 Å². The smallest absolute Gasteiger partial charge is 0.177 e. The quantitative estimate of drug-likeness (QED) is 0.734. The Morgan fingerprint density at radius 1 is 1.16 bits per heavy atom. The fourth-order valence-corrected chi connectivity index (χ4v) is 2.40. The molecular formula is C13H7BrClN3O. The van der Waals surface area contributed by atoms with Crippen LogP contribution in [0.25, 0.3) is 22.2 Å². The molecule has 0 radical (unpaired) electrons. The molecule has 0 unspecified atom stereocenters. The van der Waals surface area contributed by atoms with Gasteiger partial charge >= 0.3 is 0 Å². The number of aromatic hydroxyl groups is 1. The maximum absolute atomic E-state index is 10.0. The highest BCUT2D eigenvalue weighted by atomic mass is 79.9. The van der Waals surface area contributed by atoms with Crippen molar-refractivity contribution < 1.29 is 5.11 Å². The van der Waals surface area contributed by atoms with Crippen LogP contribution in [0.1, 0.15) is 0 Å². The van der Waals surface area contributed by atoms with Crippen LogP contribution in [-0.2, 0) is 0 Å². The summed E-state index contributed by atoms with van der Waals surface area (Å²) >= 11 is 9.28. The summed E-state index contributed by atoms with van der Waals surface area (Å²) in [4.78, 5) is 4.19. The highest BCUT2D eigenvalue weighted by Crippen LogP contribution is 2.34. The normalized spacial score (nSPS) is 10.8. The molecule has 0 aliphatic heterocycles. The Labute approximate surface area is 122 Å². The van der Waals surface area contributed by atoms with Gasteiger partial charge < -0.3 is 5.11 Å². The van der Waals surface area contributed by atoms with Gasteiger partial charge in [0.05, 0.1) is 0 Å². The van der Waals surface area contributed by atoms with Crippen LogP contribution in [0.5, 0.6) is 5.75 Å². The monoisotopic (exact) mass is 335 g/mol. The fourth-order valence-electron chi connectivity index (χ4n) is 1.86. The topological polar surface area (TPSA) is 58.9 Å². The second-order valence-electron chi connectivity index (χ2n) is 3.90. The third kappa shape index (κ3) is 2.15. The van der Waals surface area contributed by atoms with E-state index < -0.39 is 0 Å². The summed E-state index contributed by atoms with van der Waals surface area (Å²) in [6, 6.07) is 8.84. The summed E-state index contributed by atoms with van der Waals surface area (Å²) < 4.78 is 0.790. The first-order valence-electron chi connectivity index (χ1n) is 5.42. The number of phenols is 1. The van der Waals surface area contributed by atoms with Crippen molar-refractivity contribution in [3.05, 3.63) is 46.2 Å². The molecule has 3 aromatic rings. The minimum absolute atomic E-state index is 0.121. The molecule has 0 saturated heterocycles. The molecule has 0 aliphatic carbocycles. The molecule has 0 atom stereocenters. The first-order valence-corrected chi connectivity index (χ1v) is 6.59. The van der Waals surface area contributed by atoms with Gasteiger partial charge in [-0.05, 0) is 30.3 Å². The molecule has 1 N–H and O–H groups in total. The predicted molar refractivity (Wildman–Crippen MR) is 77.1 cm³/mol. The average Bonchev–Trinajstić information content (AvgIpc) is 2.41. The van der Waals surface area contributed by atoms with Gasteiger partial charge in [-0.3, -0.25) is 4.98 Å². The van der Waals surface area contributed by atoms with E-state index in [1.807, 2.05) is 12.1 Å². The summed E-state index contributed by atoms with van der Waals surface area (Å²) in [5, 5.41) is 19.0. The molecular weight excluding hydrogens is 330 g/mol. The molecule has 19 heavy (non-hydrogen) atoms. The molecule has 2 heterocycles. The Hall–Kier alpha value is -1.72. The highest BCUT2D eigenvalue weighted by molar-refractivity contribution is 9.10. The molecule has 0 fully saturated rings. The number of pyridine rings is 1. The van der Waals surface area contributed by atoms with E-state index in [0.717, 1.165) is 9.86 Å². The van der Waals surface area contributed by atoms with Gasteiger partial charge in [0.2, 0.25) is 0 Å². The van der Waals surface area contributed by atoms with Crippen molar-refractivity contribution in [2.45, 2.75) is 0 Å². The van der Waals surface area contributed by atoms with Gasteiger partial charge in [0.15, 0.2) is 5.15 Å². The Morgan fingerprint density at radius 2 is 2.00 bits per heavy atom. The second kappa shape index (κ2) is 4.75. The number of fused-ring (bicyclic) bond motifs is 1. The summed E-state index contributed by atoms with van der Waals surface area (Å²) in [5.74, 6) is 0.121. The lowest BCUT2D eigenvalue weighted by Gasteiger charge is -2.07. The summed E-state index contributed by atoms with van der Waals surface area (Å²) in [6.07, 6.45) is 1.64. The van der Waals surface area contributed by atoms with Crippen LogP contribution in [0.15, 0.2) is 41.0 Å². The maximum atomic E-state index is 10.0. The second-order valence-corrected chi connectivity index (χ2v) is 5.17. The number of phenolic OH excluding ortho intramolecular Hbond substituents is 1. The standard InChI is InChI=1S/C13H7BrClN3O/c14-7-3-4-8(10(19)6-7)11-9-2-1-5-16-12(9)13(15)18-17-11/h1-6,19H. The number of nitrogens with zero attached hydrogens (tertiary/aromatic N) is 3. The Morgan fingerprint density at radius 3 is 2.79 bits per heavy atom. The predicted octanol–water partition coefficient (Wildman–Crippen LogP) is 3.81. The molecule has 2 aromatic heterocycles. The van der Waals surface area contributed by atoms with Crippen LogP contribution < -0.4 is 0 Å². The minimum atomic E-state index is 0.121. The molecule has 0 saturated carbocycles. The number of benzene rings is 1. The van der Waals surface area contributed by atoms with E-state index in [9.17, 15) is 5.11 Å². The van der Waals surface area contributed by atoms with Gasteiger partial charge in [-0.2, -0.15) is 0 Å². The van der Waals surface area contributed by atoms with E-state index in [1.165, 1.54) is 0 Å².